The molecule has 0 aliphatic rings. The van der Waals surface area contributed by atoms with Crippen molar-refractivity contribution in [2.45, 2.75) is 20.4 Å². The number of aromatic nitrogens is 4. The summed E-state index contributed by atoms with van der Waals surface area (Å²) in [5.74, 6) is 0. The molecule has 5 nitrogen and oxygen atoms in total. The van der Waals surface area contributed by atoms with Crippen LogP contribution in [-0.2, 0) is 11.3 Å². The summed E-state index contributed by atoms with van der Waals surface area (Å²) in [5, 5.41) is 1.13. The van der Waals surface area contributed by atoms with Gasteiger partial charge in [-0.05, 0) is 31.5 Å². The van der Waals surface area contributed by atoms with Crippen LogP contribution in [0.25, 0.3) is 27.7 Å². The van der Waals surface area contributed by atoms with Crippen LogP contribution in [0.15, 0.2) is 30.6 Å². The van der Waals surface area contributed by atoms with E-state index in [0.29, 0.717) is 6.61 Å². The van der Waals surface area contributed by atoms with Crippen molar-refractivity contribution in [3.63, 3.8) is 0 Å². The maximum atomic E-state index is 5.22. The summed E-state index contributed by atoms with van der Waals surface area (Å²) in [5.41, 5.74) is 6.50. The van der Waals surface area contributed by atoms with Crippen LogP contribution in [0.2, 0.25) is 0 Å². The summed E-state index contributed by atoms with van der Waals surface area (Å²) in [7, 11) is 1.72. The van der Waals surface area contributed by atoms with E-state index < -0.39 is 0 Å². The summed E-state index contributed by atoms with van der Waals surface area (Å²) in [6.45, 7) is 5.75. The molecule has 0 bridgehead atoms. The van der Waals surface area contributed by atoms with Crippen molar-refractivity contribution in [3.8, 4) is 0 Å². The molecule has 0 N–H and O–H groups in total. The minimum absolute atomic E-state index is 0.674. The fourth-order valence-corrected chi connectivity index (χ4v) is 3.15. The molecule has 0 aliphatic carbocycles. The monoisotopic (exact) mass is 294 g/mol. The number of nitrogens with zero attached hydrogens (tertiary/aromatic N) is 4. The highest BCUT2D eigenvalue weighted by Gasteiger charge is 2.17. The molecule has 0 saturated carbocycles. The first kappa shape index (κ1) is 13.3. The molecule has 0 amide bonds. The van der Waals surface area contributed by atoms with Crippen LogP contribution in [0.4, 0.5) is 0 Å². The summed E-state index contributed by atoms with van der Waals surface area (Å²) < 4.78 is 9.51. The second kappa shape index (κ2) is 4.81. The topological polar surface area (TPSA) is 44.4 Å². The summed E-state index contributed by atoms with van der Waals surface area (Å²) >= 11 is 0. The van der Waals surface area contributed by atoms with Crippen LogP contribution in [0.3, 0.4) is 0 Å². The molecule has 0 fully saturated rings. The first-order valence-corrected chi connectivity index (χ1v) is 7.42. The number of aryl methyl sites for hydroxylation is 1. The first-order chi connectivity index (χ1) is 10.7. The van der Waals surface area contributed by atoms with Gasteiger partial charge in [0.15, 0.2) is 5.65 Å². The number of rotatable bonds is 3. The van der Waals surface area contributed by atoms with Gasteiger partial charge in [0.1, 0.15) is 12.0 Å². The maximum absolute atomic E-state index is 5.22. The molecular weight excluding hydrogens is 276 g/mol. The Kier molecular flexibility index (Phi) is 2.90. The third kappa shape index (κ3) is 1.69. The zero-order valence-corrected chi connectivity index (χ0v) is 13.0. The Bertz CT molecular complexity index is 996. The highest BCUT2D eigenvalue weighted by molar-refractivity contribution is 5.98. The van der Waals surface area contributed by atoms with Crippen LogP contribution in [0, 0.1) is 13.8 Å². The Morgan fingerprint density at radius 3 is 2.77 bits per heavy atom. The van der Waals surface area contributed by atoms with Gasteiger partial charge < -0.3 is 9.30 Å². The normalized spacial score (nSPS) is 12.0. The van der Waals surface area contributed by atoms with Gasteiger partial charge in [-0.15, -0.1) is 0 Å². The van der Waals surface area contributed by atoms with Crippen molar-refractivity contribution in [1.29, 1.82) is 0 Å². The van der Waals surface area contributed by atoms with Crippen LogP contribution in [0.5, 0.6) is 0 Å². The number of benzene rings is 1. The van der Waals surface area contributed by atoms with Gasteiger partial charge in [0, 0.05) is 19.3 Å². The Hall–Kier alpha value is -2.40. The largest absolute Gasteiger partial charge is 0.383 e. The lowest BCUT2D eigenvalue weighted by Gasteiger charge is -2.06. The Balaban J connectivity index is 2.11. The molecular formula is C17H18N4O. The van der Waals surface area contributed by atoms with E-state index >= 15 is 0 Å². The molecule has 0 spiro atoms. The number of fused-ring (bicyclic) bond motifs is 5. The SMILES string of the molecule is COCCn1c(C)c(C)c2c1ncn1c3ccccc3nc21. The fraction of sp³-hybridized carbons (Fsp3) is 0.294. The molecule has 4 aromatic rings. The van der Waals surface area contributed by atoms with Crippen LogP contribution >= 0.6 is 0 Å². The number of hydrogen-bond donors (Lipinski definition) is 0. The molecule has 3 aromatic heterocycles. The van der Waals surface area contributed by atoms with Crippen molar-refractivity contribution in [2.75, 3.05) is 13.7 Å². The lowest BCUT2D eigenvalue weighted by atomic mass is 10.2. The van der Waals surface area contributed by atoms with Crippen molar-refractivity contribution in [1.82, 2.24) is 18.9 Å². The van der Waals surface area contributed by atoms with Gasteiger partial charge in [0.25, 0.3) is 0 Å². The third-order valence-electron chi connectivity index (χ3n) is 4.44. The van der Waals surface area contributed by atoms with Crippen molar-refractivity contribution in [2.24, 2.45) is 0 Å². The maximum Gasteiger partial charge on any atom is 0.150 e. The van der Waals surface area contributed by atoms with E-state index in [1.807, 2.05) is 24.5 Å². The number of hydrogen-bond acceptors (Lipinski definition) is 3. The molecule has 5 heteroatoms. The van der Waals surface area contributed by atoms with Gasteiger partial charge in [0.2, 0.25) is 0 Å². The van der Waals surface area contributed by atoms with E-state index in [4.69, 9.17) is 14.7 Å². The molecule has 112 valence electrons. The molecule has 3 heterocycles. The van der Waals surface area contributed by atoms with Crippen LogP contribution in [-0.4, -0.2) is 32.7 Å². The van der Waals surface area contributed by atoms with E-state index in [-0.39, 0.29) is 0 Å². The minimum atomic E-state index is 0.674. The Labute approximate surface area is 128 Å². The minimum Gasteiger partial charge on any atom is -0.383 e. The molecule has 0 saturated heterocycles. The summed E-state index contributed by atoms with van der Waals surface area (Å²) in [4.78, 5) is 9.51. The molecule has 0 atom stereocenters. The second-order valence-corrected chi connectivity index (χ2v) is 5.59. The van der Waals surface area contributed by atoms with Gasteiger partial charge in [-0.25, -0.2) is 9.97 Å². The fourth-order valence-electron chi connectivity index (χ4n) is 3.15. The highest BCUT2D eigenvalue weighted by atomic mass is 16.5. The molecule has 0 unspecified atom stereocenters. The van der Waals surface area contributed by atoms with Gasteiger partial charge in [-0.2, -0.15) is 0 Å². The van der Waals surface area contributed by atoms with Gasteiger partial charge >= 0.3 is 0 Å². The zero-order chi connectivity index (χ0) is 15.3. The quantitative estimate of drug-likeness (QED) is 0.583. The number of imidazole rings is 1. The number of ether oxygens (including phenoxy) is 1. The lowest BCUT2D eigenvalue weighted by Crippen LogP contribution is -2.06. The molecule has 4 rings (SSSR count). The van der Waals surface area contributed by atoms with Gasteiger partial charge in [0.05, 0.1) is 23.0 Å². The van der Waals surface area contributed by atoms with Crippen LogP contribution in [0.1, 0.15) is 11.3 Å². The lowest BCUT2D eigenvalue weighted by molar-refractivity contribution is 0.187. The van der Waals surface area contributed by atoms with E-state index in [1.165, 1.54) is 11.3 Å². The van der Waals surface area contributed by atoms with E-state index in [2.05, 4.69) is 28.9 Å². The van der Waals surface area contributed by atoms with Crippen molar-refractivity contribution in [3.05, 3.63) is 41.9 Å². The van der Waals surface area contributed by atoms with Crippen molar-refractivity contribution < 1.29 is 4.74 Å². The zero-order valence-electron chi connectivity index (χ0n) is 13.0. The Morgan fingerprint density at radius 1 is 1.14 bits per heavy atom. The second-order valence-electron chi connectivity index (χ2n) is 5.59. The van der Waals surface area contributed by atoms with Crippen LogP contribution < -0.4 is 0 Å². The van der Waals surface area contributed by atoms with Gasteiger partial charge in [-0.3, -0.25) is 4.40 Å². The van der Waals surface area contributed by atoms with Crippen molar-refractivity contribution >= 4 is 27.7 Å². The molecule has 0 radical (unpaired) electrons. The standard InChI is InChI=1S/C17H18N4O/c1-11-12(2)20(8-9-22-3)16-15(11)17-19-13-6-4-5-7-14(13)21(17)10-18-16/h4-7,10H,8-9H2,1-3H3. The van der Waals surface area contributed by atoms with Gasteiger partial charge in [-0.1, -0.05) is 12.1 Å². The predicted molar refractivity (Wildman–Crippen MR) is 87.3 cm³/mol. The summed E-state index contributed by atoms with van der Waals surface area (Å²) in [6.07, 6.45) is 1.87. The highest BCUT2D eigenvalue weighted by Crippen LogP contribution is 2.29. The first-order valence-electron chi connectivity index (χ1n) is 7.42. The van der Waals surface area contributed by atoms with E-state index in [1.54, 1.807) is 7.11 Å². The average Bonchev–Trinajstić information content (AvgIpc) is 3.02. The Morgan fingerprint density at radius 2 is 1.95 bits per heavy atom. The smallest absolute Gasteiger partial charge is 0.150 e. The number of methoxy groups -OCH3 is 1. The number of para-hydroxylation sites is 2. The average molecular weight is 294 g/mol. The molecule has 22 heavy (non-hydrogen) atoms. The molecule has 1 aromatic carbocycles. The molecule has 0 aliphatic heterocycles. The third-order valence-corrected chi connectivity index (χ3v) is 4.44. The van der Waals surface area contributed by atoms with E-state index in [9.17, 15) is 0 Å². The predicted octanol–water partition coefficient (Wildman–Crippen LogP) is 3.10. The van der Waals surface area contributed by atoms with E-state index in [0.717, 1.165) is 34.3 Å². The summed E-state index contributed by atoms with van der Waals surface area (Å²) in [6, 6.07) is 8.16.